The average molecular weight is 172 g/mol. The van der Waals surface area contributed by atoms with E-state index in [1.165, 1.54) is 0 Å². The van der Waals surface area contributed by atoms with Crippen molar-refractivity contribution >= 4 is 6.21 Å². The first-order chi connectivity index (χ1) is 6.22. The second-order valence-electron chi connectivity index (χ2n) is 3.11. The first-order valence-electron chi connectivity index (χ1n) is 4.25. The molecule has 2 nitrogen and oxygen atoms in total. The summed E-state index contributed by atoms with van der Waals surface area (Å²) in [6, 6.07) is 9.76. The van der Waals surface area contributed by atoms with Gasteiger partial charge in [0.2, 0.25) is 0 Å². The van der Waals surface area contributed by atoms with Crippen molar-refractivity contribution in [2.75, 3.05) is 0 Å². The molecule has 0 atom stereocenters. The van der Waals surface area contributed by atoms with E-state index in [4.69, 9.17) is 5.26 Å². The van der Waals surface area contributed by atoms with Crippen LogP contribution < -0.4 is 0 Å². The van der Waals surface area contributed by atoms with Gasteiger partial charge in [-0.1, -0.05) is 12.1 Å². The van der Waals surface area contributed by atoms with Gasteiger partial charge in [0.25, 0.3) is 0 Å². The molecule has 0 fully saturated rings. The fourth-order valence-corrected chi connectivity index (χ4v) is 0.879. The van der Waals surface area contributed by atoms with Gasteiger partial charge < -0.3 is 0 Å². The van der Waals surface area contributed by atoms with Gasteiger partial charge in [-0.05, 0) is 31.5 Å². The number of nitrogens with zero attached hydrogens (tertiary/aromatic N) is 2. The van der Waals surface area contributed by atoms with Crippen LogP contribution >= 0.6 is 0 Å². The molecule has 1 aromatic carbocycles. The van der Waals surface area contributed by atoms with Crippen LogP contribution in [0.25, 0.3) is 0 Å². The molecule has 0 spiro atoms. The standard InChI is InChI=1S/C11H12N2/c1-9(2)13-8-11-5-3-10(7-12)4-6-11/h3-6,8-9H,1-2H3. The smallest absolute Gasteiger partial charge is 0.0991 e. The minimum absolute atomic E-state index is 0.315. The molecule has 0 aromatic heterocycles. The molecular weight excluding hydrogens is 160 g/mol. The van der Waals surface area contributed by atoms with Gasteiger partial charge in [0.1, 0.15) is 0 Å². The number of rotatable bonds is 2. The predicted molar refractivity (Wildman–Crippen MR) is 53.9 cm³/mol. The second-order valence-corrected chi connectivity index (χ2v) is 3.11. The maximum Gasteiger partial charge on any atom is 0.0991 e. The maximum absolute atomic E-state index is 8.56. The van der Waals surface area contributed by atoms with E-state index in [0.717, 1.165) is 5.56 Å². The van der Waals surface area contributed by atoms with Crippen molar-refractivity contribution < 1.29 is 0 Å². The van der Waals surface area contributed by atoms with Crippen molar-refractivity contribution in [2.45, 2.75) is 19.9 Å². The zero-order valence-electron chi connectivity index (χ0n) is 7.86. The summed E-state index contributed by atoms with van der Waals surface area (Å²) in [6.45, 7) is 4.06. The van der Waals surface area contributed by atoms with Crippen molar-refractivity contribution in [3.63, 3.8) is 0 Å². The third kappa shape index (κ3) is 3.08. The molecular formula is C11H12N2. The zero-order chi connectivity index (χ0) is 9.68. The summed E-state index contributed by atoms with van der Waals surface area (Å²) < 4.78 is 0. The topological polar surface area (TPSA) is 36.1 Å². The molecule has 13 heavy (non-hydrogen) atoms. The van der Waals surface area contributed by atoms with Crippen LogP contribution in [0.15, 0.2) is 29.3 Å². The Balaban J connectivity index is 2.76. The third-order valence-electron chi connectivity index (χ3n) is 1.56. The Morgan fingerprint density at radius 2 is 1.92 bits per heavy atom. The van der Waals surface area contributed by atoms with Gasteiger partial charge in [0.15, 0.2) is 0 Å². The molecule has 0 heterocycles. The summed E-state index contributed by atoms with van der Waals surface area (Å²) in [5, 5.41) is 8.56. The van der Waals surface area contributed by atoms with Crippen molar-refractivity contribution in [3.05, 3.63) is 35.4 Å². The number of hydrogen-bond donors (Lipinski definition) is 0. The Labute approximate surface area is 78.5 Å². The summed E-state index contributed by atoms with van der Waals surface area (Å²) in [6.07, 6.45) is 1.83. The van der Waals surface area contributed by atoms with Crippen molar-refractivity contribution in [3.8, 4) is 6.07 Å². The Hall–Kier alpha value is -1.62. The molecule has 0 radical (unpaired) electrons. The molecule has 0 N–H and O–H groups in total. The maximum atomic E-state index is 8.56. The van der Waals surface area contributed by atoms with E-state index in [9.17, 15) is 0 Å². The van der Waals surface area contributed by atoms with Crippen molar-refractivity contribution in [2.24, 2.45) is 4.99 Å². The quantitative estimate of drug-likeness (QED) is 0.631. The van der Waals surface area contributed by atoms with Gasteiger partial charge in [-0.3, -0.25) is 4.99 Å². The molecule has 0 aliphatic carbocycles. The minimum Gasteiger partial charge on any atom is -0.290 e. The van der Waals surface area contributed by atoms with Gasteiger partial charge in [0.05, 0.1) is 11.6 Å². The van der Waals surface area contributed by atoms with E-state index >= 15 is 0 Å². The molecule has 1 aromatic rings. The van der Waals surface area contributed by atoms with Crippen LogP contribution in [0.5, 0.6) is 0 Å². The molecule has 0 unspecified atom stereocenters. The summed E-state index contributed by atoms with van der Waals surface area (Å²) in [7, 11) is 0. The van der Waals surface area contributed by atoms with Crippen LogP contribution in [-0.4, -0.2) is 12.3 Å². The summed E-state index contributed by atoms with van der Waals surface area (Å²) in [5.74, 6) is 0. The highest BCUT2D eigenvalue weighted by atomic mass is 14.7. The first kappa shape index (κ1) is 9.47. The third-order valence-corrected chi connectivity index (χ3v) is 1.56. The van der Waals surface area contributed by atoms with Crippen LogP contribution in [0.3, 0.4) is 0 Å². The van der Waals surface area contributed by atoms with E-state index < -0.39 is 0 Å². The van der Waals surface area contributed by atoms with Crippen molar-refractivity contribution in [1.82, 2.24) is 0 Å². The SMILES string of the molecule is CC(C)N=Cc1ccc(C#N)cc1. The van der Waals surface area contributed by atoms with E-state index in [1.807, 2.05) is 32.2 Å². The first-order valence-corrected chi connectivity index (χ1v) is 4.25. The molecule has 66 valence electrons. The number of benzene rings is 1. The van der Waals surface area contributed by atoms with Gasteiger partial charge in [-0.25, -0.2) is 0 Å². The van der Waals surface area contributed by atoms with Gasteiger partial charge in [-0.15, -0.1) is 0 Å². The Kier molecular flexibility index (Phi) is 3.22. The lowest BCUT2D eigenvalue weighted by atomic mass is 10.2. The fraction of sp³-hybridized carbons (Fsp3) is 0.273. The zero-order valence-corrected chi connectivity index (χ0v) is 7.86. The largest absolute Gasteiger partial charge is 0.290 e. The Bertz CT molecular complexity index is 328. The lowest BCUT2D eigenvalue weighted by molar-refractivity contribution is 0.841. The van der Waals surface area contributed by atoms with Crippen LogP contribution in [0.2, 0.25) is 0 Å². The molecule has 0 aliphatic heterocycles. The molecule has 2 heteroatoms. The summed E-state index contributed by atoms with van der Waals surface area (Å²) >= 11 is 0. The highest BCUT2D eigenvalue weighted by Gasteiger charge is 1.90. The van der Waals surface area contributed by atoms with Crippen LogP contribution in [0.1, 0.15) is 25.0 Å². The Morgan fingerprint density at radius 3 is 2.38 bits per heavy atom. The second kappa shape index (κ2) is 4.42. The average Bonchev–Trinajstić information content (AvgIpc) is 2.15. The number of hydrogen-bond acceptors (Lipinski definition) is 2. The predicted octanol–water partition coefficient (Wildman–Crippen LogP) is 2.39. The van der Waals surface area contributed by atoms with Crippen molar-refractivity contribution in [1.29, 1.82) is 5.26 Å². The number of nitriles is 1. The highest BCUT2D eigenvalue weighted by molar-refractivity contribution is 5.79. The minimum atomic E-state index is 0.315. The van der Waals surface area contributed by atoms with Crippen LogP contribution in [-0.2, 0) is 0 Å². The summed E-state index contributed by atoms with van der Waals surface area (Å²) in [5.41, 5.74) is 1.72. The molecule has 0 saturated carbocycles. The number of aliphatic imine (C=N–C) groups is 1. The van der Waals surface area contributed by atoms with Crippen LogP contribution in [0, 0.1) is 11.3 Å². The Morgan fingerprint density at radius 1 is 1.31 bits per heavy atom. The van der Waals surface area contributed by atoms with E-state index in [1.54, 1.807) is 12.1 Å². The molecule has 0 aliphatic rings. The highest BCUT2D eigenvalue weighted by Crippen LogP contribution is 2.01. The molecule has 0 bridgehead atoms. The summed E-state index contributed by atoms with van der Waals surface area (Å²) in [4.78, 5) is 4.24. The van der Waals surface area contributed by atoms with E-state index in [-0.39, 0.29) is 0 Å². The normalized spacial score (nSPS) is 10.6. The molecule has 0 saturated heterocycles. The van der Waals surface area contributed by atoms with Gasteiger partial charge in [-0.2, -0.15) is 5.26 Å². The van der Waals surface area contributed by atoms with Crippen LogP contribution in [0.4, 0.5) is 0 Å². The lowest BCUT2D eigenvalue weighted by Gasteiger charge is -1.95. The van der Waals surface area contributed by atoms with E-state index in [0.29, 0.717) is 11.6 Å². The monoisotopic (exact) mass is 172 g/mol. The van der Waals surface area contributed by atoms with Gasteiger partial charge in [0, 0.05) is 12.3 Å². The lowest BCUT2D eigenvalue weighted by Crippen LogP contribution is -1.90. The molecule has 1 rings (SSSR count). The fourth-order valence-electron chi connectivity index (χ4n) is 0.879. The van der Waals surface area contributed by atoms with E-state index in [2.05, 4.69) is 11.1 Å². The van der Waals surface area contributed by atoms with Gasteiger partial charge >= 0.3 is 0 Å². The molecule has 0 amide bonds.